The molecule has 0 aliphatic rings. The molecule has 8 heteroatoms. The van der Waals surface area contributed by atoms with E-state index in [9.17, 15) is 8.78 Å². The first-order chi connectivity index (χ1) is 6.75. The molecule has 0 fully saturated rings. The van der Waals surface area contributed by atoms with Crippen LogP contribution in [0.1, 0.15) is 0 Å². The van der Waals surface area contributed by atoms with Gasteiger partial charge < -0.3 is 4.74 Å². The summed E-state index contributed by atoms with van der Waals surface area (Å²) in [6, 6.07) is 3.79. The van der Waals surface area contributed by atoms with Crippen LogP contribution in [0.4, 0.5) is 8.78 Å². The third-order valence-corrected chi connectivity index (χ3v) is 1.14. The van der Waals surface area contributed by atoms with Gasteiger partial charge in [0.15, 0.2) is 11.6 Å². The quantitative estimate of drug-likeness (QED) is 0.742. The summed E-state index contributed by atoms with van der Waals surface area (Å²) < 4.78 is 47.6. The molecular formula is C7H6Cl2F2O3S. The summed E-state index contributed by atoms with van der Waals surface area (Å²) in [5.74, 6) is -1.90. The first-order valence-corrected chi connectivity index (χ1v) is 6.51. The monoisotopic (exact) mass is 278 g/mol. The fraction of sp³-hybridized carbons (Fsp3) is 0.143. The Labute approximate surface area is 94.5 Å². The minimum atomic E-state index is -3.72. The molecule has 0 aliphatic heterocycles. The lowest BCUT2D eigenvalue weighted by atomic mass is 10.3. The van der Waals surface area contributed by atoms with E-state index in [1.54, 1.807) is 0 Å². The molecule has 15 heavy (non-hydrogen) atoms. The summed E-state index contributed by atoms with van der Waals surface area (Å²) in [5.41, 5.74) is 0. The van der Waals surface area contributed by atoms with Crippen LogP contribution >= 0.6 is 21.4 Å². The van der Waals surface area contributed by atoms with Crippen molar-refractivity contribution in [2.45, 2.75) is 0 Å². The van der Waals surface area contributed by atoms with E-state index in [2.05, 4.69) is 26.1 Å². The van der Waals surface area contributed by atoms with E-state index in [1.807, 2.05) is 0 Å². The largest absolute Gasteiger partial charge is 0.494 e. The van der Waals surface area contributed by atoms with Crippen LogP contribution in [-0.2, 0) is 8.26 Å². The molecule has 0 aromatic heterocycles. The molecule has 86 valence electrons. The maximum absolute atomic E-state index is 12.5. The van der Waals surface area contributed by atoms with Crippen LogP contribution in [0.2, 0.25) is 0 Å². The molecular weight excluding hydrogens is 273 g/mol. The Balaban J connectivity index is 0.000000336. The predicted molar refractivity (Wildman–Crippen MR) is 53.5 cm³/mol. The summed E-state index contributed by atoms with van der Waals surface area (Å²) in [6.45, 7) is 0. The SMILES string of the molecule is COc1cccc(F)c1F.O=S(=O)(Cl)Cl. The Bertz CT molecular complexity index is 414. The molecule has 0 heterocycles. The van der Waals surface area contributed by atoms with Crippen molar-refractivity contribution in [2.24, 2.45) is 0 Å². The van der Waals surface area contributed by atoms with Crippen LogP contribution in [0.5, 0.6) is 5.75 Å². The van der Waals surface area contributed by atoms with Crippen molar-refractivity contribution < 1.29 is 21.9 Å². The molecule has 1 aromatic rings. The van der Waals surface area contributed by atoms with E-state index in [-0.39, 0.29) is 5.75 Å². The smallest absolute Gasteiger partial charge is 0.317 e. The molecule has 0 radical (unpaired) electrons. The van der Waals surface area contributed by atoms with Crippen molar-refractivity contribution in [1.29, 1.82) is 0 Å². The zero-order valence-corrected chi connectivity index (χ0v) is 9.71. The molecule has 1 rings (SSSR count). The van der Waals surface area contributed by atoms with Gasteiger partial charge in [0.05, 0.1) is 7.11 Å². The first kappa shape index (κ1) is 14.4. The highest BCUT2D eigenvalue weighted by Gasteiger charge is 2.05. The molecule has 0 N–H and O–H groups in total. The van der Waals surface area contributed by atoms with Crippen molar-refractivity contribution in [3.05, 3.63) is 29.8 Å². The second kappa shape index (κ2) is 6.09. The zero-order valence-electron chi connectivity index (χ0n) is 7.38. The van der Waals surface area contributed by atoms with Gasteiger partial charge in [0.25, 0.3) is 0 Å². The lowest BCUT2D eigenvalue weighted by Gasteiger charge is -1.99. The Hall–Kier alpha value is -0.590. The lowest BCUT2D eigenvalue weighted by Crippen LogP contribution is -1.90. The number of methoxy groups -OCH3 is 1. The molecule has 0 spiro atoms. The number of halogens is 4. The molecule has 0 saturated carbocycles. The van der Waals surface area contributed by atoms with Gasteiger partial charge in [0.2, 0.25) is 5.82 Å². The predicted octanol–water partition coefficient (Wildman–Crippen LogP) is 2.68. The van der Waals surface area contributed by atoms with Crippen LogP contribution in [0, 0.1) is 11.6 Å². The van der Waals surface area contributed by atoms with Gasteiger partial charge >= 0.3 is 8.26 Å². The van der Waals surface area contributed by atoms with Crippen LogP contribution in [-0.4, -0.2) is 15.5 Å². The molecule has 0 aliphatic carbocycles. The summed E-state index contributed by atoms with van der Waals surface area (Å²) in [7, 11) is 6.10. The van der Waals surface area contributed by atoms with Crippen LogP contribution < -0.4 is 4.74 Å². The van der Waals surface area contributed by atoms with Gasteiger partial charge in [-0.3, -0.25) is 0 Å². The Morgan fingerprint density at radius 1 is 1.27 bits per heavy atom. The maximum Gasteiger partial charge on any atom is 0.317 e. The van der Waals surface area contributed by atoms with Gasteiger partial charge in [-0.15, -0.1) is 0 Å². The molecule has 0 atom stereocenters. The van der Waals surface area contributed by atoms with E-state index < -0.39 is 19.9 Å². The molecule has 3 nitrogen and oxygen atoms in total. The van der Waals surface area contributed by atoms with E-state index in [0.717, 1.165) is 6.07 Å². The first-order valence-electron chi connectivity index (χ1n) is 3.38. The van der Waals surface area contributed by atoms with Crippen LogP contribution in [0.3, 0.4) is 0 Å². The van der Waals surface area contributed by atoms with Crippen molar-refractivity contribution in [1.82, 2.24) is 0 Å². The van der Waals surface area contributed by atoms with Gasteiger partial charge in [0.1, 0.15) is 0 Å². The van der Waals surface area contributed by atoms with Gasteiger partial charge in [-0.1, -0.05) is 6.07 Å². The number of ether oxygens (including phenoxy) is 1. The highest BCUT2D eigenvalue weighted by atomic mass is 36.0. The van der Waals surface area contributed by atoms with Gasteiger partial charge in [-0.25, -0.2) is 4.39 Å². The average Bonchev–Trinajstić information content (AvgIpc) is 2.07. The molecule has 1 aromatic carbocycles. The number of benzene rings is 1. The van der Waals surface area contributed by atoms with Gasteiger partial charge in [-0.05, 0) is 12.1 Å². The van der Waals surface area contributed by atoms with Crippen molar-refractivity contribution in [3.63, 3.8) is 0 Å². The molecule has 0 bridgehead atoms. The second-order valence-corrected chi connectivity index (χ2v) is 5.80. The number of hydrogen-bond acceptors (Lipinski definition) is 3. The fourth-order valence-electron chi connectivity index (χ4n) is 0.642. The van der Waals surface area contributed by atoms with Crippen LogP contribution in [0.15, 0.2) is 18.2 Å². The molecule has 0 amide bonds. The van der Waals surface area contributed by atoms with Crippen molar-refractivity contribution in [2.75, 3.05) is 7.11 Å². The fourth-order valence-corrected chi connectivity index (χ4v) is 0.642. The lowest BCUT2D eigenvalue weighted by molar-refractivity contribution is 0.372. The topological polar surface area (TPSA) is 43.4 Å². The minimum Gasteiger partial charge on any atom is -0.494 e. The second-order valence-electron chi connectivity index (χ2n) is 2.13. The Morgan fingerprint density at radius 2 is 1.73 bits per heavy atom. The van der Waals surface area contributed by atoms with E-state index in [1.165, 1.54) is 19.2 Å². The normalized spacial score (nSPS) is 10.2. The highest BCUT2D eigenvalue weighted by Crippen LogP contribution is 2.17. The third-order valence-electron chi connectivity index (χ3n) is 1.14. The number of rotatable bonds is 1. The van der Waals surface area contributed by atoms with E-state index in [4.69, 9.17) is 8.42 Å². The summed E-state index contributed by atoms with van der Waals surface area (Å²) in [5, 5.41) is 0. The maximum atomic E-state index is 12.5. The Kier molecular flexibility index (Phi) is 5.85. The Morgan fingerprint density at radius 3 is 2.07 bits per heavy atom. The zero-order chi connectivity index (χ0) is 12.1. The van der Waals surface area contributed by atoms with Crippen molar-refractivity contribution in [3.8, 4) is 5.75 Å². The van der Waals surface area contributed by atoms with Gasteiger partial charge in [-0.2, -0.15) is 12.8 Å². The van der Waals surface area contributed by atoms with E-state index >= 15 is 0 Å². The van der Waals surface area contributed by atoms with Crippen LogP contribution in [0.25, 0.3) is 0 Å². The van der Waals surface area contributed by atoms with Crippen molar-refractivity contribution >= 4 is 29.6 Å². The van der Waals surface area contributed by atoms with E-state index in [0.29, 0.717) is 0 Å². The number of hydrogen-bond donors (Lipinski definition) is 0. The highest BCUT2D eigenvalue weighted by molar-refractivity contribution is 8.31. The third kappa shape index (κ3) is 7.35. The standard InChI is InChI=1S/C7H6F2O.Cl2O2S/c1-10-6-4-2-3-5(8)7(6)9;1-5(2,3)4/h2-4H,1H3;. The van der Waals surface area contributed by atoms with Gasteiger partial charge in [0, 0.05) is 21.4 Å². The summed E-state index contributed by atoms with van der Waals surface area (Å²) in [6.07, 6.45) is 0. The molecule has 0 saturated heterocycles. The molecule has 0 unspecified atom stereocenters. The average molecular weight is 279 g/mol. The summed E-state index contributed by atoms with van der Waals surface area (Å²) in [4.78, 5) is 0. The summed E-state index contributed by atoms with van der Waals surface area (Å²) >= 11 is 0. The minimum absolute atomic E-state index is 0.0694.